The number of nitro groups is 1. The lowest BCUT2D eigenvalue weighted by atomic mass is 10.1. The Morgan fingerprint density at radius 2 is 2.04 bits per heavy atom. The van der Waals surface area contributed by atoms with Crippen LogP contribution in [0.2, 0.25) is 0 Å². The van der Waals surface area contributed by atoms with E-state index < -0.39 is 10.9 Å². The van der Waals surface area contributed by atoms with E-state index in [1.165, 1.54) is 19.2 Å². The van der Waals surface area contributed by atoms with Crippen molar-refractivity contribution >= 4 is 23.3 Å². The summed E-state index contributed by atoms with van der Waals surface area (Å²) in [4.78, 5) is 35.8. The lowest BCUT2D eigenvalue weighted by Gasteiger charge is -2.16. The third-order valence-electron chi connectivity index (χ3n) is 3.73. The summed E-state index contributed by atoms with van der Waals surface area (Å²) in [6.07, 6.45) is 2.37. The number of likely N-dealkylation sites (tertiary alicyclic amines) is 1. The number of methoxy groups -OCH3 is 1. The normalized spacial score (nSPS) is 13.7. The van der Waals surface area contributed by atoms with Crippen LogP contribution in [0.25, 0.3) is 0 Å². The molecule has 1 fully saturated rings. The van der Waals surface area contributed by atoms with Crippen LogP contribution in [0.3, 0.4) is 0 Å². The molecule has 1 aromatic rings. The van der Waals surface area contributed by atoms with Crippen molar-refractivity contribution in [1.29, 1.82) is 0 Å². The topological polar surface area (TPSA) is 102 Å². The molecule has 0 radical (unpaired) electrons. The molecule has 1 N–H and O–H groups in total. The minimum absolute atomic E-state index is 0.0662. The number of esters is 1. The summed E-state index contributed by atoms with van der Waals surface area (Å²) in [5.41, 5.74) is 0.302. The van der Waals surface area contributed by atoms with E-state index in [0.29, 0.717) is 18.7 Å². The van der Waals surface area contributed by atoms with Crippen LogP contribution in [0.15, 0.2) is 18.2 Å². The SMILES string of the molecule is COC(=O)c1cc([N+](=O)[O-])ccc1NCCC(=O)N1CCCC1. The van der Waals surface area contributed by atoms with Crippen molar-refractivity contribution in [2.45, 2.75) is 19.3 Å². The van der Waals surface area contributed by atoms with Gasteiger partial charge in [-0.05, 0) is 18.9 Å². The minimum atomic E-state index is -0.665. The van der Waals surface area contributed by atoms with Crippen LogP contribution < -0.4 is 5.32 Å². The van der Waals surface area contributed by atoms with Gasteiger partial charge in [0.25, 0.3) is 5.69 Å². The highest BCUT2D eigenvalue weighted by Gasteiger charge is 2.19. The molecule has 124 valence electrons. The molecule has 2 rings (SSSR count). The summed E-state index contributed by atoms with van der Waals surface area (Å²) in [5.74, 6) is -0.599. The van der Waals surface area contributed by atoms with Crippen LogP contribution in [0, 0.1) is 10.1 Å². The van der Waals surface area contributed by atoms with Crippen molar-refractivity contribution in [1.82, 2.24) is 4.90 Å². The van der Waals surface area contributed by atoms with Gasteiger partial charge in [-0.2, -0.15) is 0 Å². The Bertz CT molecular complexity index is 611. The van der Waals surface area contributed by atoms with Crippen LogP contribution in [-0.4, -0.2) is 48.4 Å². The Morgan fingerprint density at radius 1 is 1.35 bits per heavy atom. The summed E-state index contributed by atoms with van der Waals surface area (Å²) >= 11 is 0. The molecule has 1 aliphatic heterocycles. The van der Waals surface area contributed by atoms with Gasteiger partial charge in [0.05, 0.1) is 17.6 Å². The van der Waals surface area contributed by atoms with Gasteiger partial charge in [-0.3, -0.25) is 14.9 Å². The first-order chi connectivity index (χ1) is 11.0. The van der Waals surface area contributed by atoms with Crippen LogP contribution in [-0.2, 0) is 9.53 Å². The minimum Gasteiger partial charge on any atom is -0.465 e. The molecule has 1 amide bonds. The van der Waals surface area contributed by atoms with Gasteiger partial charge >= 0.3 is 5.97 Å². The van der Waals surface area contributed by atoms with E-state index in [1.807, 2.05) is 4.90 Å². The molecule has 0 spiro atoms. The van der Waals surface area contributed by atoms with E-state index in [1.54, 1.807) is 0 Å². The molecular formula is C15H19N3O5. The first-order valence-corrected chi connectivity index (χ1v) is 7.41. The quantitative estimate of drug-likeness (QED) is 0.487. The van der Waals surface area contributed by atoms with Gasteiger partial charge in [0.15, 0.2) is 0 Å². The van der Waals surface area contributed by atoms with Crippen molar-refractivity contribution in [3.63, 3.8) is 0 Å². The van der Waals surface area contributed by atoms with E-state index in [-0.39, 0.29) is 17.2 Å². The molecule has 23 heavy (non-hydrogen) atoms. The fraction of sp³-hybridized carbons (Fsp3) is 0.467. The van der Waals surface area contributed by atoms with Crippen molar-refractivity contribution in [3.8, 4) is 0 Å². The van der Waals surface area contributed by atoms with Crippen molar-refractivity contribution in [2.24, 2.45) is 0 Å². The van der Waals surface area contributed by atoms with E-state index in [9.17, 15) is 19.7 Å². The van der Waals surface area contributed by atoms with E-state index in [2.05, 4.69) is 10.1 Å². The Labute approximate surface area is 133 Å². The number of rotatable bonds is 6. The first-order valence-electron chi connectivity index (χ1n) is 7.41. The van der Waals surface area contributed by atoms with Gasteiger partial charge in [0, 0.05) is 43.9 Å². The molecule has 8 nitrogen and oxygen atoms in total. The molecule has 1 saturated heterocycles. The molecule has 0 saturated carbocycles. The zero-order chi connectivity index (χ0) is 16.8. The maximum absolute atomic E-state index is 12.0. The van der Waals surface area contributed by atoms with Crippen molar-refractivity contribution in [2.75, 3.05) is 32.1 Å². The Balaban J connectivity index is 2.02. The summed E-state index contributed by atoms with van der Waals surface area (Å²) in [6.45, 7) is 1.94. The van der Waals surface area contributed by atoms with Gasteiger partial charge in [-0.15, -0.1) is 0 Å². The second-order valence-electron chi connectivity index (χ2n) is 5.24. The molecule has 0 unspecified atom stereocenters. The fourth-order valence-electron chi connectivity index (χ4n) is 2.51. The lowest BCUT2D eigenvalue weighted by molar-refractivity contribution is -0.384. The number of amides is 1. The third kappa shape index (κ3) is 4.18. The standard InChI is InChI=1S/C15H19N3O5/c1-23-15(20)12-10-11(18(21)22)4-5-13(12)16-7-6-14(19)17-8-2-3-9-17/h4-5,10,16H,2-3,6-9H2,1H3. The molecular weight excluding hydrogens is 302 g/mol. The van der Waals surface area contributed by atoms with Crippen LogP contribution >= 0.6 is 0 Å². The van der Waals surface area contributed by atoms with Gasteiger partial charge in [-0.25, -0.2) is 4.79 Å². The largest absolute Gasteiger partial charge is 0.465 e. The lowest BCUT2D eigenvalue weighted by Crippen LogP contribution is -2.29. The summed E-state index contributed by atoms with van der Waals surface area (Å²) in [5, 5.41) is 13.8. The molecule has 0 atom stereocenters. The highest BCUT2D eigenvalue weighted by Crippen LogP contribution is 2.23. The number of benzene rings is 1. The number of non-ortho nitro benzene ring substituents is 1. The third-order valence-corrected chi connectivity index (χ3v) is 3.73. The van der Waals surface area contributed by atoms with Crippen LogP contribution in [0.4, 0.5) is 11.4 Å². The highest BCUT2D eigenvalue weighted by molar-refractivity contribution is 5.96. The predicted octanol–water partition coefficient (Wildman–Crippen LogP) is 1.81. The molecule has 8 heteroatoms. The van der Waals surface area contributed by atoms with Crippen LogP contribution in [0.1, 0.15) is 29.6 Å². The van der Waals surface area contributed by atoms with Gasteiger partial charge in [0.1, 0.15) is 0 Å². The molecule has 1 aromatic carbocycles. The molecule has 0 aromatic heterocycles. The number of hydrogen-bond acceptors (Lipinski definition) is 6. The number of anilines is 1. The Morgan fingerprint density at radius 3 is 2.65 bits per heavy atom. The van der Waals surface area contributed by atoms with Crippen molar-refractivity contribution < 1.29 is 19.2 Å². The average Bonchev–Trinajstić information content (AvgIpc) is 3.08. The fourth-order valence-corrected chi connectivity index (χ4v) is 2.51. The van der Waals surface area contributed by atoms with Crippen molar-refractivity contribution in [3.05, 3.63) is 33.9 Å². The summed E-state index contributed by atoms with van der Waals surface area (Å²) < 4.78 is 4.64. The second kappa shape index (κ2) is 7.57. The van der Waals surface area contributed by atoms with Crippen LogP contribution in [0.5, 0.6) is 0 Å². The summed E-state index contributed by atoms with van der Waals surface area (Å²) in [7, 11) is 1.21. The zero-order valence-electron chi connectivity index (χ0n) is 12.9. The monoisotopic (exact) mass is 321 g/mol. The van der Waals surface area contributed by atoms with Gasteiger partial charge in [-0.1, -0.05) is 0 Å². The number of carbonyl (C=O) groups excluding carboxylic acids is 2. The summed E-state index contributed by atoms with van der Waals surface area (Å²) in [6, 6.07) is 3.91. The zero-order valence-corrected chi connectivity index (χ0v) is 12.9. The maximum Gasteiger partial charge on any atom is 0.340 e. The Kier molecular flexibility index (Phi) is 5.51. The Hall–Kier alpha value is -2.64. The number of nitrogens with zero attached hydrogens (tertiary/aromatic N) is 2. The van der Waals surface area contributed by atoms with E-state index in [4.69, 9.17) is 0 Å². The second-order valence-corrected chi connectivity index (χ2v) is 5.24. The molecule has 0 bridgehead atoms. The number of nitro benzene ring substituents is 1. The highest BCUT2D eigenvalue weighted by atomic mass is 16.6. The average molecular weight is 321 g/mol. The number of nitrogens with one attached hydrogen (secondary N) is 1. The smallest absolute Gasteiger partial charge is 0.340 e. The predicted molar refractivity (Wildman–Crippen MR) is 83.4 cm³/mol. The number of hydrogen-bond donors (Lipinski definition) is 1. The molecule has 0 aliphatic carbocycles. The molecule has 1 aliphatic rings. The first kappa shape index (κ1) is 16.7. The number of ether oxygens (including phenoxy) is 1. The van der Waals surface area contributed by atoms with Gasteiger partial charge < -0.3 is 15.0 Å². The molecule has 1 heterocycles. The van der Waals surface area contributed by atoms with E-state index in [0.717, 1.165) is 32.0 Å². The van der Waals surface area contributed by atoms with Gasteiger partial charge in [0.2, 0.25) is 5.91 Å². The van der Waals surface area contributed by atoms with E-state index >= 15 is 0 Å². The number of carbonyl (C=O) groups is 2. The maximum atomic E-state index is 12.0.